The summed E-state index contributed by atoms with van der Waals surface area (Å²) < 4.78 is 12.1. The van der Waals surface area contributed by atoms with Gasteiger partial charge in [-0.3, -0.25) is 4.79 Å². The Hall–Kier alpha value is -2.19. The molecule has 8 nitrogen and oxygen atoms in total. The SMILES string of the molecule is CC(=O)O[C@H]1C[C@@]2(C)[C@@H](C[C@@H](OC(=O)C(C)O)[C@H]3[C@@]4(C)CC[C@@H](O)[C@@H](C)[C@@H]4CC[C@@]32C)/C1=C(\CCC=C(C)C)C(=O)O. The van der Waals surface area contributed by atoms with E-state index in [0.717, 1.165) is 24.8 Å². The average molecular weight is 589 g/mol. The number of carbonyl (C=O) groups excluding carboxylic acids is 2. The second-order valence-corrected chi connectivity index (χ2v) is 14.7. The Bertz CT molecular complexity index is 1150. The molecule has 4 aliphatic carbocycles. The zero-order valence-electron chi connectivity index (χ0n) is 26.7. The van der Waals surface area contributed by atoms with Gasteiger partial charge in [0.1, 0.15) is 18.3 Å². The first-order valence-corrected chi connectivity index (χ1v) is 15.8. The molecule has 0 radical (unpaired) electrons. The zero-order valence-corrected chi connectivity index (χ0v) is 26.7. The van der Waals surface area contributed by atoms with Gasteiger partial charge in [-0.2, -0.15) is 0 Å². The molecule has 0 aromatic heterocycles. The van der Waals surface area contributed by atoms with Crippen molar-refractivity contribution in [1.82, 2.24) is 0 Å². The van der Waals surface area contributed by atoms with Gasteiger partial charge in [0.25, 0.3) is 0 Å². The van der Waals surface area contributed by atoms with E-state index in [1.165, 1.54) is 13.8 Å². The molecule has 0 aromatic carbocycles. The van der Waals surface area contributed by atoms with Crippen LogP contribution in [0.1, 0.15) is 107 Å². The lowest BCUT2D eigenvalue weighted by Gasteiger charge is -2.69. The van der Waals surface area contributed by atoms with Crippen LogP contribution >= 0.6 is 0 Å². The van der Waals surface area contributed by atoms with Crippen LogP contribution in [-0.2, 0) is 23.9 Å². The largest absolute Gasteiger partial charge is 0.478 e. The van der Waals surface area contributed by atoms with Crippen LogP contribution in [0, 0.1) is 39.9 Å². The Kier molecular flexibility index (Phi) is 9.13. The molecule has 1 unspecified atom stereocenters. The molecule has 4 fully saturated rings. The Morgan fingerprint density at radius 3 is 2.29 bits per heavy atom. The summed E-state index contributed by atoms with van der Waals surface area (Å²) in [5, 5.41) is 31.5. The number of esters is 2. The molecule has 4 aliphatic rings. The minimum absolute atomic E-state index is 0.0704. The number of rotatable bonds is 7. The average Bonchev–Trinajstić information content (AvgIpc) is 3.15. The van der Waals surface area contributed by atoms with Crippen molar-refractivity contribution in [2.45, 2.75) is 131 Å². The number of fused-ring (bicyclic) bond motifs is 5. The first kappa shape index (κ1) is 32.7. The van der Waals surface area contributed by atoms with Gasteiger partial charge >= 0.3 is 17.9 Å². The minimum Gasteiger partial charge on any atom is -0.478 e. The monoisotopic (exact) mass is 588 g/mol. The van der Waals surface area contributed by atoms with Gasteiger partial charge in [-0.1, -0.05) is 39.3 Å². The van der Waals surface area contributed by atoms with Crippen LogP contribution in [0.5, 0.6) is 0 Å². The number of aliphatic hydroxyl groups is 2. The summed E-state index contributed by atoms with van der Waals surface area (Å²) in [6.07, 6.45) is 4.13. The topological polar surface area (TPSA) is 130 Å². The smallest absolute Gasteiger partial charge is 0.334 e. The van der Waals surface area contributed by atoms with E-state index in [0.29, 0.717) is 37.7 Å². The maximum absolute atomic E-state index is 13.0. The van der Waals surface area contributed by atoms with Crippen molar-refractivity contribution in [3.63, 3.8) is 0 Å². The van der Waals surface area contributed by atoms with Crippen molar-refractivity contribution >= 4 is 17.9 Å². The molecule has 236 valence electrons. The molecule has 3 N–H and O–H groups in total. The van der Waals surface area contributed by atoms with Crippen molar-refractivity contribution in [2.75, 3.05) is 0 Å². The number of aliphatic carboxylic acids is 1. The fraction of sp³-hybridized carbons (Fsp3) is 0.794. The quantitative estimate of drug-likeness (QED) is 0.199. The Balaban J connectivity index is 1.91. The van der Waals surface area contributed by atoms with Gasteiger partial charge in [0.15, 0.2) is 0 Å². The third-order valence-corrected chi connectivity index (χ3v) is 12.2. The van der Waals surface area contributed by atoms with Gasteiger partial charge in [-0.15, -0.1) is 0 Å². The molecular formula is C34H52O8. The summed E-state index contributed by atoms with van der Waals surface area (Å²) in [7, 11) is 0. The third-order valence-electron chi connectivity index (χ3n) is 12.2. The van der Waals surface area contributed by atoms with E-state index in [4.69, 9.17) is 9.47 Å². The first-order chi connectivity index (χ1) is 19.5. The van der Waals surface area contributed by atoms with Crippen LogP contribution in [-0.4, -0.2) is 57.6 Å². The second kappa shape index (κ2) is 11.7. The van der Waals surface area contributed by atoms with E-state index in [-0.39, 0.29) is 46.2 Å². The predicted octanol–water partition coefficient (Wildman–Crippen LogP) is 5.60. The number of aliphatic hydroxyl groups excluding tert-OH is 2. The summed E-state index contributed by atoms with van der Waals surface area (Å²) >= 11 is 0. The molecule has 0 spiro atoms. The lowest BCUT2D eigenvalue weighted by Crippen LogP contribution is -2.66. The Morgan fingerprint density at radius 2 is 1.71 bits per heavy atom. The molecule has 0 aliphatic heterocycles. The van der Waals surface area contributed by atoms with Crippen LogP contribution < -0.4 is 0 Å². The molecule has 0 amide bonds. The molecule has 0 bridgehead atoms. The van der Waals surface area contributed by atoms with E-state index in [9.17, 15) is 29.7 Å². The summed E-state index contributed by atoms with van der Waals surface area (Å²) in [6.45, 7) is 15.6. The lowest BCUT2D eigenvalue weighted by molar-refractivity contribution is -0.243. The van der Waals surface area contributed by atoms with E-state index in [2.05, 4.69) is 27.7 Å². The molecule has 0 heterocycles. The number of carboxylic acid groups (broad SMARTS) is 1. The van der Waals surface area contributed by atoms with E-state index in [1.54, 1.807) is 0 Å². The molecule has 11 atom stereocenters. The highest BCUT2D eigenvalue weighted by Gasteiger charge is 2.71. The van der Waals surface area contributed by atoms with Crippen LogP contribution in [0.3, 0.4) is 0 Å². The molecule has 4 rings (SSSR count). The standard InChI is InChI=1S/C34H52O8/c1-18(2)10-9-11-22(30(38)39)28-24-16-26(42-31(40)20(4)35)29-32(6)14-13-25(37)19(3)23(32)12-15-33(29,7)34(24,8)17-27(28)41-21(5)36/h10,19-20,23-27,29,35,37H,9,11-17H2,1-8H3,(H,38,39)/b28-22-/t19-,20?,23-,24-,25+,26+,27-,29-,32-,33-,34-/m0/s1. The highest BCUT2D eigenvalue weighted by atomic mass is 16.6. The van der Waals surface area contributed by atoms with E-state index < -0.39 is 41.6 Å². The fourth-order valence-corrected chi connectivity index (χ4v) is 10.1. The van der Waals surface area contributed by atoms with Crippen LogP contribution in [0.25, 0.3) is 0 Å². The van der Waals surface area contributed by atoms with Crippen molar-refractivity contribution in [2.24, 2.45) is 39.9 Å². The van der Waals surface area contributed by atoms with E-state index >= 15 is 0 Å². The predicted molar refractivity (Wildman–Crippen MR) is 158 cm³/mol. The van der Waals surface area contributed by atoms with Crippen molar-refractivity contribution in [1.29, 1.82) is 0 Å². The molecule has 42 heavy (non-hydrogen) atoms. The normalized spacial score (nSPS) is 42.8. The number of hydrogen-bond donors (Lipinski definition) is 3. The summed E-state index contributed by atoms with van der Waals surface area (Å²) in [6, 6.07) is 0. The molecule has 8 heteroatoms. The zero-order chi connectivity index (χ0) is 31.4. The summed E-state index contributed by atoms with van der Waals surface area (Å²) in [5.74, 6) is -2.14. The maximum atomic E-state index is 13.0. The molecule has 4 saturated carbocycles. The van der Waals surface area contributed by atoms with Gasteiger partial charge in [-0.05, 0) is 112 Å². The highest BCUT2D eigenvalue weighted by molar-refractivity contribution is 5.88. The van der Waals surface area contributed by atoms with E-state index in [1.807, 2.05) is 19.9 Å². The number of ether oxygens (including phenoxy) is 2. The summed E-state index contributed by atoms with van der Waals surface area (Å²) in [4.78, 5) is 38.2. The number of carbonyl (C=O) groups is 3. The van der Waals surface area contributed by atoms with Gasteiger partial charge in [0.05, 0.1) is 6.10 Å². The lowest BCUT2D eigenvalue weighted by atomic mass is 9.36. The van der Waals surface area contributed by atoms with Crippen LogP contribution in [0.15, 0.2) is 22.8 Å². The van der Waals surface area contributed by atoms with Crippen LogP contribution in [0.4, 0.5) is 0 Å². The second-order valence-electron chi connectivity index (χ2n) is 14.7. The minimum atomic E-state index is -1.28. The van der Waals surface area contributed by atoms with Crippen molar-refractivity contribution < 1.29 is 39.2 Å². The summed E-state index contributed by atoms with van der Waals surface area (Å²) in [5.41, 5.74) is 1.00. The van der Waals surface area contributed by atoms with Crippen LogP contribution in [0.2, 0.25) is 0 Å². The molecular weight excluding hydrogens is 536 g/mol. The number of allylic oxidation sites excluding steroid dienone is 2. The first-order valence-electron chi connectivity index (χ1n) is 15.8. The highest BCUT2D eigenvalue weighted by Crippen LogP contribution is 2.74. The molecule has 0 aromatic rings. The maximum Gasteiger partial charge on any atom is 0.334 e. The van der Waals surface area contributed by atoms with Gasteiger partial charge < -0.3 is 24.8 Å². The van der Waals surface area contributed by atoms with Crippen molar-refractivity contribution in [3.05, 3.63) is 22.8 Å². The van der Waals surface area contributed by atoms with Gasteiger partial charge in [0.2, 0.25) is 0 Å². The fourth-order valence-electron chi connectivity index (χ4n) is 10.1. The van der Waals surface area contributed by atoms with Gasteiger partial charge in [0, 0.05) is 18.4 Å². The number of carboxylic acids is 1. The Labute approximate surface area is 250 Å². The number of hydrogen-bond acceptors (Lipinski definition) is 7. The molecule has 0 saturated heterocycles. The van der Waals surface area contributed by atoms with Gasteiger partial charge in [-0.25, -0.2) is 9.59 Å². The third kappa shape index (κ3) is 5.36. The Morgan fingerprint density at radius 1 is 1.05 bits per heavy atom. The van der Waals surface area contributed by atoms with Crippen molar-refractivity contribution in [3.8, 4) is 0 Å².